The molecule has 0 atom stereocenters. The van der Waals surface area contributed by atoms with Crippen LogP contribution in [0, 0.1) is 0 Å². The average Bonchev–Trinajstić information content (AvgIpc) is 2.50. The van der Waals surface area contributed by atoms with Crippen LogP contribution in [0.2, 0.25) is 5.02 Å². The van der Waals surface area contributed by atoms with E-state index in [0.717, 1.165) is 6.42 Å². The van der Waals surface area contributed by atoms with Gasteiger partial charge in [-0.15, -0.1) is 0 Å². The Labute approximate surface area is 130 Å². The molecule has 0 saturated carbocycles. The molecule has 1 aromatic heterocycles. The molecular formula is C14H22ClN3O3. The first-order valence-electron chi connectivity index (χ1n) is 6.74. The Morgan fingerprint density at radius 2 is 2.05 bits per heavy atom. The zero-order valence-corrected chi connectivity index (χ0v) is 13.4. The van der Waals surface area contributed by atoms with Gasteiger partial charge in [0.15, 0.2) is 0 Å². The second-order valence-corrected chi connectivity index (χ2v) is 4.84. The van der Waals surface area contributed by atoms with Gasteiger partial charge in [0.1, 0.15) is 5.82 Å². The lowest BCUT2D eigenvalue weighted by atomic mass is 10.2. The molecule has 0 aliphatic heterocycles. The van der Waals surface area contributed by atoms with Crippen LogP contribution in [0.3, 0.4) is 0 Å². The van der Waals surface area contributed by atoms with E-state index in [2.05, 4.69) is 10.3 Å². The minimum atomic E-state index is -0.111. The molecule has 0 spiro atoms. The summed E-state index contributed by atoms with van der Waals surface area (Å²) in [6, 6.07) is 1.62. The molecule has 0 unspecified atom stereocenters. The number of aromatic nitrogens is 1. The maximum Gasteiger partial charge on any atom is 0.255 e. The molecule has 0 aliphatic carbocycles. The van der Waals surface area contributed by atoms with E-state index in [1.54, 1.807) is 32.2 Å². The third-order valence-electron chi connectivity index (χ3n) is 2.95. The van der Waals surface area contributed by atoms with Crippen molar-refractivity contribution in [2.45, 2.75) is 6.42 Å². The first-order valence-corrected chi connectivity index (χ1v) is 7.12. The number of nitrogens with one attached hydrogen (secondary N) is 1. The van der Waals surface area contributed by atoms with Crippen molar-refractivity contribution in [2.24, 2.45) is 0 Å². The number of nitrogens with zero attached hydrogens (tertiary/aromatic N) is 2. The van der Waals surface area contributed by atoms with Gasteiger partial charge in [0.25, 0.3) is 5.91 Å². The molecular weight excluding hydrogens is 294 g/mol. The molecule has 1 heterocycles. The quantitative estimate of drug-likeness (QED) is 0.705. The van der Waals surface area contributed by atoms with Crippen molar-refractivity contribution >= 4 is 23.3 Å². The molecule has 21 heavy (non-hydrogen) atoms. The number of hydrogen-bond donors (Lipinski definition) is 1. The standard InChI is InChI=1S/C14H22ClN3O3/c1-16-13-12(15)9-11(10-17-13)14(19)18(6-8-21-3)5-4-7-20-2/h9-10H,4-8H2,1-3H3,(H,16,17). The van der Waals surface area contributed by atoms with E-state index in [0.29, 0.717) is 42.7 Å². The number of methoxy groups -OCH3 is 2. The second-order valence-electron chi connectivity index (χ2n) is 4.44. The van der Waals surface area contributed by atoms with Crippen LogP contribution in [-0.2, 0) is 9.47 Å². The number of ether oxygens (including phenoxy) is 2. The molecule has 1 rings (SSSR count). The van der Waals surface area contributed by atoms with Gasteiger partial charge in [-0.3, -0.25) is 4.79 Å². The Hall–Kier alpha value is -1.37. The monoisotopic (exact) mass is 315 g/mol. The van der Waals surface area contributed by atoms with E-state index in [1.807, 2.05) is 0 Å². The number of carbonyl (C=O) groups is 1. The largest absolute Gasteiger partial charge is 0.385 e. The van der Waals surface area contributed by atoms with E-state index in [1.165, 1.54) is 6.20 Å². The van der Waals surface area contributed by atoms with E-state index in [9.17, 15) is 4.79 Å². The summed E-state index contributed by atoms with van der Waals surface area (Å²) >= 11 is 6.07. The van der Waals surface area contributed by atoms with Crippen LogP contribution in [0.15, 0.2) is 12.3 Å². The van der Waals surface area contributed by atoms with Gasteiger partial charge in [0.05, 0.1) is 17.2 Å². The number of halogens is 1. The van der Waals surface area contributed by atoms with Crippen LogP contribution < -0.4 is 5.32 Å². The van der Waals surface area contributed by atoms with Gasteiger partial charge in [-0.05, 0) is 12.5 Å². The van der Waals surface area contributed by atoms with E-state index in [4.69, 9.17) is 21.1 Å². The summed E-state index contributed by atoms with van der Waals surface area (Å²) in [6.45, 7) is 2.20. The highest BCUT2D eigenvalue weighted by molar-refractivity contribution is 6.33. The van der Waals surface area contributed by atoms with Crippen molar-refractivity contribution in [1.29, 1.82) is 0 Å². The van der Waals surface area contributed by atoms with Crippen molar-refractivity contribution < 1.29 is 14.3 Å². The zero-order chi connectivity index (χ0) is 15.7. The first-order chi connectivity index (χ1) is 10.1. The highest BCUT2D eigenvalue weighted by Crippen LogP contribution is 2.20. The van der Waals surface area contributed by atoms with Crippen LogP contribution in [-0.4, -0.2) is 63.4 Å². The summed E-state index contributed by atoms with van der Waals surface area (Å²) in [7, 11) is 4.98. The number of carbonyl (C=O) groups excluding carboxylic acids is 1. The molecule has 0 fully saturated rings. The maximum absolute atomic E-state index is 12.5. The SMILES string of the molecule is CNc1ncc(C(=O)N(CCCOC)CCOC)cc1Cl. The molecule has 118 valence electrons. The molecule has 6 nitrogen and oxygen atoms in total. The van der Waals surface area contributed by atoms with Gasteiger partial charge in [-0.2, -0.15) is 0 Å². The number of rotatable bonds is 9. The Bertz CT molecular complexity index is 457. The summed E-state index contributed by atoms with van der Waals surface area (Å²) in [6.07, 6.45) is 2.29. The Morgan fingerprint density at radius 1 is 1.33 bits per heavy atom. The predicted octanol–water partition coefficient (Wildman–Crippen LogP) is 1.90. The topological polar surface area (TPSA) is 63.7 Å². The van der Waals surface area contributed by atoms with Crippen molar-refractivity contribution in [3.63, 3.8) is 0 Å². The minimum absolute atomic E-state index is 0.111. The van der Waals surface area contributed by atoms with Gasteiger partial charge in [-0.1, -0.05) is 11.6 Å². The normalized spacial score (nSPS) is 10.5. The van der Waals surface area contributed by atoms with Crippen LogP contribution >= 0.6 is 11.6 Å². The number of hydrogen-bond acceptors (Lipinski definition) is 5. The lowest BCUT2D eigenvalue weighted by molar-refractivity contribution is 0.0674. The van der Waals surface area contributed by atoms with Crippen molar-refractivity contribution in [3.8, 4) is 0 Å². The minimum Gasteiger partial charge on any atom is -0.385 e. The van der Waals surface area contributed by atoms with Crippen molar-refractivity contribution in [3.05, 3.63) is 22.8 Å². The Morgan fingerprint density at radius 3 is 2.62 bits per heavy atom. The molecule has 1 aromatic rings. The average molecular weight is 316 g/mol. The van der Waals surface area contributed by atoms with Crippen LogP contribution in [0.4, 0.5) is 5.82 Å². The van der Waals surface area contributed by atoms with Crippen LogP contribution in [0.1, 0.15) is 16.8 Å². The highest BCUT2D eigenvalue weighted by atomic mass is 35.5. The highest BCUT2D eigenvalue weighted by Gasteiger charge is 2.17. The first kappa shape index (κ1) is 17.7. The fourth-order valence-electron chi connectivity index (χ4n) is 1.84. The summed E-state index contributed by atoms with van der Waals surface area (Å²) in [5.41, 5.74) is 0.465. The zero-order valence-electron chi connectivity index (χ0n) is 12.7. The van der Waals surface area contributed by atoms with E-state index < -0.39 is 0 Å². The lowest BCUT2D eigenvalue weighted by Gasteiger charge is -2.22. The molecule has 0 radical (unpaired) electrons. The van der Waals surface area contributed by atoms with Gasteiger partial charge in [0, 0.05) is 47.2 Å². The number of amides is 1. The molecule has 0 saturated heterocycles. The Balaban J connectivity index is 2.80. The Kier molecular flexibility index (Phi) is 8.04. The fourth-order valence-corrected chi connectivity index (χ4v) is 2.10. The van der Waals surface area contributed by atoms with Gasteiger partial charge < -0.3 is 19.7 Å². The predicted molar refractivity (Wildman–Crippen MR) is 83.1 cm³/mol. The molecule has 7 heteroatoms. The molecule has 0 bridgehead atoms. The van der Waals surface area contributed by atoms with E-state index in [-0.39, 0.29) is 5.91 Å². The van der Waals surface area contributed by atoms with Crippen LogP contribution in [0.25, 0.3) is 0 Å². The van der Waals surface area contributed by atoms with Gasteiger partial charge >= 0.3 is 0 Å². The molecule has 0 aromatic carbocycles. The molecule has 1 amide bonds. The fraction of sp³-hybridized carbons (Fsp3) is 0.571. The van der Waals surface area contributed by atoms with Crippen LogP contribution in [0.5, 0.6) is 0 Å². The molecule has 1 N–H and O–H groups in total. The van der Waals surface area contributed by atoms with Gasteiger partial charge in [-0.25, -0.2) is 4.98 Å². The summed E-state index contributed by atoms with van der Waals surface area (Å²) in [4.78, 5) is 18.4. The maximum atomic E-state index is 12.5. The number of anilines is 1. The second kappa shape index (κ2) is 9.55. The number of pyridine rings is 1. The third kappa shape index (κ3) is 5.49. The molecule has 0 aliphatic rings. The summed E-state index contributed by atoms with van der Waals surface area (Å²) < 4.78 is 10.1. The van der Waals surface area contributed by atoms with Crippen molar-refractivity contribution in [2.75, 3.05) is 52.9 Å². The summed E-state index contributed by atoms with van der Waals surface area (Å²) in [5, 5.41) is 3.29. The van der Waals surface area contributed by atoms with Crippen molar-refractivity contribution in [1.82, 2.24) is 9.88 Å². The summed E-state index contributed by atoms with van der Waals surface area (Å²) in [5.74, 6) is 0.441. The smallest absolute Gasteiger partial charge is 0.255 e. The van der Waals surface area contributed by atoms with E-state index >= 15 is 0 Å². The third-order valence-corrected chi connectivity index (χ3v) is 3.24. The lowest BCUT2D eigenvalue weighted by Crippen LogP contribution is -2.35. The van der Waals surface area contributed by atoms with Gasteiger partial charge in [0.2, 0.25) is 0 Å².